The molecule has 7 nitrogen and oxygen atoms in total. The SMILES string of the molecule is CN(C)c1ccc(NC(=O)c2n[nH]c(C3CC3)n2)cn1. The molecule has 1 amide bonds. The molecule has 2 aromatic heterocycles. The lowest BCUT2D eigenvalue weighted by molar-refractivity contribution is 0.101. The lowest BCUT2D eigenvalue weighted by atomic mass is 10.3. The molecular formula is C13H16N6O. The number of pyridine rings is 1. The maximum Gasteiger partial charge on any atom is 0.295 e. The van der Waals surface area contributed by atoms with Crippen molar-refractivity contribution in [3.8, 4) is 0 Å². The molecule has 0 radical (unpaired) electrons. The van der Waals surface area contributed by atoms with Crippen molar-refractivity contribution in [1.82, 2.24) is 20.2 Å². The Morgan fingerprint density at radius 3 is 2.80 bits per heavy atom. The highest BCUT2D eigenvalue weighted by Gasteiger charge is 2.28. The molecule has 0 bridgehead atoms. The number of aromatic nitrogens is 4. The largest absolute Gasteiger partial charge is 0.363 e. The fourth-order valence-corrected chi connectivity index (χ4v) is 1.83. The number of anilines is 2. The predicted molar refractivity (Wildman–Crippen MR) is 74.9 cm³/mol. The molecule has 0 atom stereocenters. The zero-order valence-corrected chi connectivity index (χ0v) is 11.4. The molecule has 1 aliphatic rings. The van der Waals surface area contributed by atoms with E-state index in [9.17, 15) is 4.79 Å². The summed E-state index contributed by atoms with van der Waals surface area (Å²) in [6.45, 7) is 0. The van der Waals surface area contributed by atoms with Crippen molar-refractivity contribution in [2.45, 2.75) is 18.8 Å². The lowest BCUT2D eigenvalue weighted by Gasteiger charge is -2.11. The van der Waals surface area contributed by atoms with Gasteiger partial charge in [0.15, 0.2) is 0 Å². The van der Waals surface area contributed by atoms with Gasteiger partial charge >= 0.3 is 0 Å². The summed E-state index contributed by atoms with van der Waals surface area (Å²) in [7, 11) is 3.82. The first-order valence-corrected chi connectivity index (χ1v) is 6.50. The Morgan fingerprint density at radius 1 is 1.40 bits per heavy atom. The van der Waals surface area contributed by atoms with Crippen LogP contribution in [0.25, 0.3) is 0 Å². The molecule has 2 N–H and O–H groups in total. The Hall–Kier alpha value is -2.44. The van der Waals surface area contributed by atoms with E-state index in [1.54, 1.807) is 12.3 Å². The van der Waals surface area contributed by atoms with E-state index in [4.69, 9.17) is 0 Å². The van der Waals surface area contributed by atoms with Crippen LogP contribution in [-0.4, -0.2) is 40.2 Å². The van der Waals surface area contributed by atoms with Crippen molar-refractivity contribution in [3.63, 3.8) is 0 Å². The Bertz CT molecular complexity index is 614. The van der Waals surface area contributed by atoms with Gasteiger partial charge in [-0.2, -0.15) is 0 Å². The Labute approximate surface area is 116 Å². The fourth-order valence-electron chi connectivity index (χ4n) is 1.83. The molecule has 2 aromatic rings. The van der Waals surface area contributed by atoms with Crippen LogP contribution in [0.3, 0.4) is 0 Å². The third-order valence-corrected chi connectivity index (χ3v) is 3.13. The summed E-state index contributed by atoms with van der Waals surface area (Å²) in [6, 6.07) is 3.64. The Balaban J connectivity index is 1.68. The average Bonchev–Trinajstić information content (AvgIpc) is 3.17. The molecule has 0 spiro atoms. The van der Waals surface area contributed by atoms with Gasteiger partial charge in [-0.05, 0) is 25.0 Å². The van der Waals surface area contributed by atoms with Crippen LogP contribution in [0.4, 0.5) is 11.5 Å². The van der Waals surface area contributed by atoms with E-state index in [1.165, 1.54) is 0 Å². The topological polar surface area (TPSA) is 86.8 Å². The number of aromatic amines is 1. The molecule has 1 saturated carbocycles. The minimum absolute atomic E-state index is 0.170. The number of nitrogens with one attached hydrogen (secondary N) is 2. The van der Waals surface area contributed by atoms with E-state index >= 15 is 0 Å². The van der Waals surface area contributed by atoms with Crippen LogP contribution < -0.4 is 10.2 Å². The molecule has 104 valence electrons. The van der Waals surface area contributed by atoms with Gasteiger partial charge in [-0.3, -0.25) is 9.89 Å². The van der Waals surface area contributed by atoms with E-state index < -0.39 is 0 Å². The molecule has 0 unspecified atom stereocenters. The lowest BCUT2D eigenvalue weighted by Crippen LogP contribution is -2.15. The summed E-state index contributed by atoms with van der Waals surface area (Å²) >= 11 is 0. The smallest absolute Gasteiger partial charge is 0.295 e. The number of hydrogen-bond acceptors (Lipinski definition) is 5. The second-order valence-corrected chi connectivity index (χ2v) is 5.07. The van der Waals surface area contributed by atoms with E-state index in [0.29, 0.717) is 11.6 Å². The second-order valence-electron chi connectivity index (χ2n) is 5.07. The highest BCUT2D eigenvalue weighted by atomic mass is 16.2. The van der Waals surface area contributed by atoms with Crippen LogP contribution in [0, 0.1) is 0 Å². The van der Waals surface area contributed by atoms with Crippen molar-refractivity contribution in [2.75, 3.05) is 24.3 Å². The van der Waals surface area contributed by atoms with Gasteiger partial charge < -0.3 is 10.2 Å². The summed E-state index contributed by atoms with van der Waals surface area (Å²) in [5.74, 6) is 1.93. The summed E-state index contributed by atoms with van der Waals surface area (Å²) < 4.78 is 0. The van der Waals surface area contributed by atoms with Crippen LogP contribution in [0.5, 0.6) is 0 Å². The average molecular weight is 272 g/mol. The third-order valence-electron chi connectivity index (χ3n) is 3.13. The fraction of sp³-hybridized carbons (Fsp3) is 0.385. The molecule has 7 heteroatoms. The van der Waals surface area contributed by atoms with Gasteiger partial charge in [-0.25, -0.2) is 9.97 Å². The number of carbonyl (C=O) groups excluding carboxylic acids is 1. The number of amides is 1. The summed E-state index contributed by atoms with van der Waals surface area (Å²) in [4.78, 5) is 22.3. The molecule has 20 heavy (non-hydrogen) atoms. The molecule has 2 heterocycles. The summed E-state index contributed by atoms with van der Waals surface area (Å²) in [5.41, 5.74) is 0.623. The monoisotopic (exact) mass is 272 g/mol. The number of H-pyrrole nitrogens is 1. The molecule has 0 aliphatic heterocycles. The van der Waals surface area contributed by atoms with Gasteiger partial charge in [0, 0.05) is 20.0 Å². The molecular weight excluding hydrogens is 256 g/mol. The Kier molecular flexibility index (Phi) is 3.09. The van der Waals surface area contributed by atoms with Gasteiger partial charge in [0.05, 0.1) is 11.9 Å². The van der Waals surface area contributed by atoms with Crippen LogP contribution in [0.2, 0.25) is 0 Å². The zero-order chi connectivity index (χ0) is 14.1. The van der Waals surface area contributed by atoms with Crippen molar-refractivity contribution in [2.24, 2.45) is 0 Å². The quantitative estimate of drug-likeness (QED) is 0.878. The van der Waals surface area contributed by atoms with Crippen LogP contribution in [0.1, 0.15) is 35.2 Å². The second kappa shape index (κ2) is 4.92. The van der Waals surface area contributed by atoms with Crippen LogP contribution >= 0.6 is 0 Å². The highest BCUT2D eigenvalue weighted by molar-refractivity contribution is 6.01. The Morgan fingerprint density at radius 2 is 2.20 bits per heavy atom. The third kappa shape index (κ3) is 2.61. The normalized spacial score (nSPS) is 14.1. The first-order valence-electron chi connectivity index (χ1n) is 6.50. The van der Waals surface area contributed by atoms with Gasteiger partial charge in [0.25, 0.3) is 5.91 Å². The zero-order valence-electron chi connectivity index (χ0n) is 11.4. The standard InChI is InChI=1S/C13H16N6O/c1-19(2)10-6-5-9(7-14-10)15-13(20)12-16-11(17-18-12)8-3-4-8/h5-8H,3-4H2,1-2H3,(H,15,20)(H,16,17,18). The van der Waals surface area contributed by atoms with E-state index in [-0.39, 0.29) is 11.7 Å². The molecule has 1 aliphatic carbocycles. The van der Waals surface area contributed by atoms with Crippen molar-refractivity contribution >= 4 is 17.4 Å². The maximum absolute atomic E-state index is 12.0. The molecule has 0 saturated heterocycles. The highest BCUT2D eigenvalue weighted by Crippen LogP contribution is 2.37. The van der Waals surface area contributed by atoms with Crippen molar-refractivity contribution in [3.05, 3.63) is 30.0 Å². The van der Waals surface area contributed by atoms with E-state index in [0.717, 1.165) is 24.5 Å². The van der Waals surface area contributed by atoms with Gasteiger partial charge in [-0.15, -0.1) is 5.10 Å². The van der Waals surface area contributed by atoms with E-state index in [1.807, 2.05) is 25.1 Å². The number of nitrogens with zero attached hydrogens (tertiary/aromatic N) is 4. The molecule has 1 fully saturated rings. The number of carbonyl (C=O) groups is 1. The van der Waals surface area contributed by atoms with Crippen LogP contribution in [0.15, 0.2) is 18.3 Å². The van der Waals surface area contributed by atoms with E-state index in [2.05, 4.69) is 25.5 Å². The predicted octanol–water partition coefficient (Wildman–Crippen LogP) is 1.40. The van der Waals surface area contributed by atoms with Gasteiger partial charge in [0.2, 0.25) is 5.82 Å². The minimum atomic E-state index is -0.326. The number of rotatable bonds is 4. The van der Waals surface area contributed by atoms with Gasteiger partial charge in [0.1, 0.15) is 11.6 Å². The summed E-state index contributed by atoms with van der Waals surface area (Å²) in [5, 5.41) is 9.49. The first kappa shape index (κ1) is 12.6. The summed E-state index contributed by atoms with van der Waals surface area (Å²) in [6.07, 6.45) is 3.85. The first-order chi connectivity index (χ1) is 9.63. The molecule has 3 rings (SSSR count). The minimum Gasteiger partial charge on any atom is -0.363 e. The van der Waals surface area contributed by atoms with Crippen molar-refractivity contribution in [1.29, 1.82) is 0 Å². The van der Waals surface area contributed by atoms with Crippen LogP contribution in [-0.2, 0) is 0 Å². The van der Waals surface area contributed by atoms with Crippen molar-refractivity contribution < 1.29 is 4.79 Å². The molecule has 0 aromatic carbocycles. The number of hydrogen-bond donors (Lipinski definition) is 2. The van der Waals surface area contributed by atoms with Gasteiger partial charge in [-0.1, -0.05) is 0 Å². The maximum atomic E-state index is 12.0.